The molecular weight excluding hydrogens is 286 g/mol. The number of alkyl halides is 1. The molecule has 1 heterocycles. The topological polar surface area (TPSA) is 38.1 Å². The van der Waals surface area contributed by atoms with Gasteiger partial charge in [-0.05, 0) is 32.4 Å². The highest BCUT2D eigenvalue weighted by atomic mass is 35.5. The molecule has 2 aromatic rings. The molecule has 0 N–H and O–H groups in total. The molecule has 114 valence electrons. The van der Waals surface area contributed by atoms with Crippen LogP contribution in [0.25, 0.3) is 11.0 Å². The Morgan fingerprint density at radius 2 is 2.19 bits per heavy atom. The van der Waals surface area contributed by atoms with E-state index in [4.69, 9.17) is 16.6 Å². The van der Waals surface area contributed by atoms with Gasteiger partial charge in [-0.25, -0.2) is 4.98 Å². The average Bonchev–Trinajstić information content (AvgIpc) is 2.85. The van der Waals surface area contributed by atoms with Crippen LogP contribution >= 0.6 is 11.6 Å². The van der Waals surface area contributed by atoms with E-state index in [1.165, 1.54) is 0 Å². The number of nitrogens with zero attached hydrogens (tertiary/aromatic N) is 3. The SMILES string of the molecule is CCN(C)C(=O)C(C)n1c(CCCl)nc2c(C)cccc21. The third-order valence-corrected chi connectivity index (χ3v) is 4.10. The molecule has 5 heteroatoms. The van der Waals surface area contributed by atoms with Crippen molar-refractivity contribution < 1.29 is 4.79 Å². The molecule has 0 aliphatic rings. The van der Waals surface area contributed by atoms with E-state index in [2.05, 4.69) is 0 Å². The first-order valence-electron chi connectivity index (χ1n) is 7.28. The van der Waals surface area contributed by atoms with Gasteiger partial charge in [0.05, 0.1) is 11.0 Å². The maximum Gasteiger partial charge on any atom is 0.245 e. The molecule has 0 aliphatic carbocycles. The quantitative estimate of drug-likeness (QED) is 0.796. The Balaban J connectivity index is 2.57. The number of amides is 1. The second kappa shape index (κ2) is 6.48. The van der Waals surface area contributed by atoms with Crippen molar-refractivity contribution in [3.05, 3.63) is 29.6 Å². The van der Waals surface area contributed by atoms with Gasteiger partial charge in [0.1, 0.15) is 11.9 Å². The first-order chi connectivity index (χ1) is 10.0. The number of para-hydroxylation sites is 1. The number of benzene rings is 1. The van der Waals surface area contributed by atoms with E-state index < -0.39 is 0 Å². The van der Waals surface area contributed by atoms with Gasteiger partial charge in [0, 0.05) is 25.9 Å². The van der Waals surface area contributed by atoms with Crippen LogP contribution in [-0.4, -0.2) is 39.8 Å². The van der Waals surface area contributed by atoms with Crippen molar-refractivity contribution in [3.63, 3.8) is 0 Å². The standard InChI is InChI=1S/C16H22ClN3O/c1-5-19(4)16(21)12(3)20-13-8-6-7-11(2)15(13)18-14(20)9-10-17/h6-8,12H,5,9-10H2,1-4H3. The van der Waals surface area contributed by atoms with Crippen molar-refractivity contribution in [1.29, 1.82) is 0 Å². The van der Waals surface area contributed by atoms with Crippen LogP contribution in [0.1, 0.15) is 31.3 Å². The lowest BCUT2D eigenvalue weighted by Gasteiger charge is -2.22. The summed E-state index contributed by atoms with van der Waals surface area (Å²) in [4.78, 5) is 18.9. The number of hydrogen-bond acceptors (Lipinski definition) is 2. The summed E-state index contributed by atoms with van der Waals surface area (Å²) >= 11 is 5.90. The van der Waals surface area contributed by atoms with Crippen LogP contribution in [0.5, 0.6) is 0 Å². The normalized spacial score (nSPS) is 12.6. The number of halogens is 1. The lowest BCUT2D eigenvalue weighted by Crippen LogP contribution is -2.33. The summed E-state index contributed by atoms with van der Waals surface area (Å²) in [5.41, 5.74) is 3.07. The van der Waals surface area contributed by atoms with E-state index in [1.54, 1.807) is 4.90 Å². The molecule has 0 saturated carbocycles. The molecule has 1 unspecified atom stereocenters. The van der Waals surface area contributed by atoms with E-state index in [9.17, 15) is 4.79 Å². The molecule has 2 rings (SSSR count). The fourth-order valence-corrected chi connectivity index (χ4v) is 2.75. The summed E-state index contributed by atoms with van der Waals surface area (Å²) in [6.45, 7) is 6.63. The van der Waals surface area contributed by atoms with Crippen molar-refractivity contribution in [2.45, 2.75) is 33.2 Å². The Labute approximate surface area is 130 Å². The maximum atomic E-state index is 12.5. The van der Waals surface area contributed by atoms with Crippen LogP contribution in [0.4, 0.5) is 0 Å². The van der Waals surface area contributed by atoms with Crippen LogP contribution in [-0.2, 0) is 11.2 Å². The van der Waals surface area contributed by atoms with Crippen LogP contribution in [0.3, 0.4) is 0 Å². The van der Waals surface area contributed by atoms with E-state index in [0.717, 1.165) is 22.4 Å². The molecule has 1 aromatic heterocycles. The van der Waals surface area contributed by atoms with Crippen LogP contribution in [0.15, 0.2) is 18.2 Å². The number of rotatable bonds is 5. The molecular formula is C16H22ClN3O. The predicted molar refractivity (Wildman–Crippen MR) is 86.9 cm³/mol. The van der Waals surface area contributed by atoms with E-state index in [0.29, 0.717) is 18.8 Å². The zero-order valence-corrected chi connectivity index (χ0v) is 13.8. The Kier molecular flexibility index (Phi) is 4.88. The Morgan fingerprint density at radius 3 is 2.81 bits per heavy atom. The number of fused-ring (bicyclic) bond motifs is 1. The van der Waals surface area contributed by atoms with Gasteiger partial charge in [-0.15, -0.1) is 11.6 Å². The average molecular weight is 308 g/mol. The zero-order valence-electron chi connectivity index (χ0n) is 13.1. The van der Waals surface area contributed by atoms with Crippen molar-refractivity contribution >= 4 is 28.5 Å². The van der Waals surface area contributed by atoms with Crippen LogP contribution in [0.2, 0.25) is 0 Å². The molecule has 0 spiro atoms. The first kappa shape index (κ1) is 15.8. The van der Waals surface area contributed by atoms with E-state index in [-0.39, 0.29) is 11.9 Å². The third kappa shape index (κ3) is 2.91. The molecule has 0 aliphatic heterocycles. The lowest BCUT2D eigenvalue weighted by atomic mass is 10.2. The number of hydrogen-bond donors (Lipinski definition) is 0. The van der Waals surface area contributed by atoms with Crippen LogP contribution < -0.4 is 0 Å². The minimum Gasteiger partial charge on any atom is -0.344 e. The maximum absolute atomic E-state index is 12.5. The van der Waals surface area contributed by atoms with Crippen molar-refractivity contribution in [3.8, 4) is 0 Å². The van der Waals surface area contributed by atoms with Gasteiger partial charge in [-0.2, -0.15) is 0 Å². The van der Waals surface area contributed by atoms with Gasteiger partial charge < -0.3 is 9.47 Å². The Morgan fingerprint density at radius 1 is 1.48 bits per heavy atom. The number of carbonyl (C=O) groups is 1. The predicted octanol–water partition coefficient (Wildman–Crippen LogP) is 3.17. The highest BCUT2D eigenvalue weighted by molar-refractivity contribution is 6.17. The monoisotopic (exact) mass is 307 g/mol. The minimum atomic E-state index is -0.278. The molecule has 0 radical (unpaired) electrons. The molecule has 1 aromatic carbocycles. The lowest BCUT2D eigenvalue weighted by molar-refractivity contribution is -0.132. The molecule has 21 heavy (non-hydrogen) atoms. The molecule has 1 amide bonds. The summed E-state index contributed by atoms with van der Waals surface area (Å²) in [7, 11) is 1.82. The van der Waals surface area contributed by atoms with Crippen molar-refractivity contribution in [2.75, 3.05) is 19.5 Å². The molecule has 4 nitrogen and oxygen atoms in total. The second-order valence-electron chi connectivity index (χ2n) is 5.31. The summed E-state index contributed by atoms with van der Waals surface area (Å²) in [6, 6.07) is 5.78. The fourth-order valence-electron chi connectivity index (χ4n) is 2.58. The highest BCUT2D eigenvalue weighted by Gasteiger charge is 2.23. The second-order valence-corrected chi connectivity index (χ2v) is 5.69. The number of aryl methyl sites for hydroxylation is 2. The van der Waals surface area contributed by atoms with Crippen molar-refractivity contribution in [1.82, 2.24) is 14.5 Å². The number of carbonyl (C=O) groups excluding carboxylic acids is 1. The van der Waals surface area contributed by atoms with Gasteiger partial charge in [-0.3, -0.25) is 4.79 Å². The van der Waals surface area contributed by atoms with Gasteiger partial charge >= 0.3 is 0 Å². The number of imidazole rings is 1. The molecule has 0 bridgehead atoms. The molecule has 1 atom stereocenters. The highest BCUT2D eigenvalue weighted by Crippen LogP contribution is 2.25. The summed E-state index contributed by atoms with van der Waals surface area (Å²) < 4.78 is 2.03. The summed E-state index contributed by atoms with van der Waals surface area (Å²) in [6.07, 6.45) is 0.656. The zero-order chi connectivity index (χ0) is 15.6. The van der Waals surface area contributed by atoms with Gasteiger partial charge in [-0.1, -0.05) is 12.1 Å². The van der Waals surface area contributed by atoms with Crippen molar-refractivity contribution in [2.24, 2.45) is 0 Å². The largest absolute Gasteiger partial charge is 0.344 e. The Hall–Kier alpha value is -1.55. The number of likely N-dealkylation sites (N-methyl/N-ethyl adjacent to an activating group) is 1. The van der Waals surface area contributed by atoms with E-state index in [1.807, 2.05) is 50.6 Å². The fraction of sp³-hybridized carbons (Fsp3) is 0.500. The molecule has 0 saturated heterocycles. The van der Waals surface area contributed by atoms with Crippen LogP contribution in [0, 0.1) is 6.92 Å². The molecule has 0 fully saturated rings. The van der Waals surface area contributed by atoms with Gasteiger partial charge in [0.25, 0.3) is 0 Å². The first-order valence-corrected chi connectivity index (χ1v) is 7.82. The Bertz CT molecular complexity index is 650. The van der Waals surface area contributed by atoms with E-state index >= 15 is 0 Å². The van der Waals surface area contributed by atoms with Gasteiger partial charge in [0.15, 0.2) is 0 Å². The number of aromatic nitrogens is 2. The smallest absolute Gasteiger partial charge is 0.245 e. The van der Waals surface area contributed by atoms with Gasteiger partial charge in [0.2, 0.25) is 5.91 Å². The third-order valence-electron chi connectivity index (χ3n) is 3.91. The minimum absolute atomic E-state index is 0.0918. The summed E-state index contributed by atoms with van der Waals surface area (Å²) in [5, 5.41) is 0. The summed E-state index contributed by atoms with van der Waals surface area (Å²) in [5.74, 6) is 1.46.